The first-order valence-electron chi connectivity index (χ1n) is 4.68. The van der Waals surface area contributed by atoms with Gasteiger partial charge in [-0.2, -0.15) is 0 Å². The molecule has 1 unspecified atom stereocenters. The lowest BCUT2D eigenvalue weighted by Gasteiger charge is -2.25. The van der Waals surface area contributed by atoms with Crippen LogP contribution in [0.25, 0.3) is 0 Å². The topological polar surface area (TPSA) is 55.1 Å². The van der Waals surface area contributed by atoms with Crippen LogP contribution in [0.5, 0.6) is 0 Å². The molecule has 74 valence electrons. The van der Waals surface area contributed by atoms with Crippen LogP contribution in [-0.4, -0.2) is 17.4 Å². The monoisotopic (exact) mass is 200 g/mol. The van der Waals surface area contributed by atoms with E-state index >= 15 is 0 Å². The number of nitrogens with one attached hydrogen (secondary N) is 1. The molecule has 1 atom stereocenters. The summed E-state index contributed by atoms with van der Waals surface area (Å²) in [5.41, 5.74) is 5.36. The van der Waals surface area contributed by atoms with Crippen molar-refractivity contribution in [2.24, 2.45) is 17.6 Å². The fraction of sp³-hybridized carbons (Fsp3) is 0.778. The van der Waals surface area contributed by atoms with Gasteiger partial charge in [0.15, 0.2) is 0 Å². The molecule has 0 aromatic heterocycles. The first-order chi connectivity index (χ1) is 6.11. The summed E-state index contributed by atoms with van der Waals surface area (Å²) < 4.78 is 0. The Kier molecular flexibility index (Phi) is 3.66. The van der Waals surface area contributed by atoms with Gasteiger partial charge in [-0.3, -0.25) is 4.79 Å². The van der Waals surface area contributed by atoms with Crippen molar-refractivity contribution in [3.05, 3.63) is 0 Å². The van der Waals surface area contributed by atoms with Crippen LogP contribution in [0.15, 0.2) is 0 Å². The minimum atomic E-state index is -0.338. The molecule has 1 amide bonds. The maximum absolute atomic E-state index is 11.4. The van der Waals surface area contributed by atoms with Gasteiger partial charge in [-0.1, -0.05) is 18.6 Å². The molecule has 0 aromatic rings. The van der Waals surface area contributed by atoms with Gasteiger partial charge in [-0.25, -0.2) is 0 Å². The molecule has 3 nitrogen and oxygen atoms in total. The minimum Gasteiger partial charge on any atom is -0.393 e. The predicted molar refractivity (Wildman–Crippen MR) is 56.3 cm³/mol. The Labute approximate surface area is 84.1 Å². The molecule has 4 heteroatoms. The average molecular weight is 200 g/mol. The van der Waals surface area contributed by atoms with Crippen LogP contribution in [-0.2, 0) is 4.79 Å². The zero-order valence-electron chi connectivity index (χ0n) is 7.88. The summed E-state index contributed by atoms with van der Waals surface area (Å²) in [4.78, 5) is 11.6. The van der Waals surface area contributed by atoms with E-state index < -0.39 is 0 Å². The molecule has 0 radical (unpaired) electrons. The lowest BCUT2D eigenvalue weighted by Crippen LogP contribution is -2.39. The van der Waals surface area contributed by atoms with E-state index in [0.717, 1.165) is 6.54 Å². The van der Waals surface area contributed by atoms with Crippen molar-refractivity contribution in [1.29, 1.82) is 0 Å². The fourth-order valence-corrected chi connectivity index (χ4v) is 1.33. The molecular weight excluding hydrogens is 184 g/mol. The van der Waals surface area contributed by atoms with Crippen LogP contribution < -0.4 is 11.1 Å². The zero-order valence-corrected chi connectivity index (χ0v) is 8.69. The normalized spacial score (nSPS) is 18.8. The van der Waals surface area contributed by atoms with Crippen molar-refractivity contribution in [2.45, 2.75) is 26.2 Å². The van der Waals surface area contributed by atoms with Gasteiger partial charge in [0.1, 0.15) is 0 Å². The number of nitrogens with two attached hydrogens (primary N) is 1. The van der Waals surface area contributed by atoms with Crippen molar-refractivity contribution < 1.29 is 4.79 Å². The summed E-state index contributed by atoms with van der Waals surface area (Å²) in [6.45, 7) is 2.52. The standard InChI is InChI=1S/C9H16N2OS/c1-6(8(10)13)9(12)11-5-7-3-2-4-7/h6-7H,2-5H2,1H3,(H2,10,13)(H,11,12). The van der Waals surface area contributed by atoms with Gasteiger partial charge in [0, 0.05) is 6.54 Å². The van der Waals surface area contributed by atoms with Gasteiger partial charge < -0.3 is 11.1 Å². The van der Waals surface area contributed by atoms with Crippen LogP contribution in [0.2, 0.25) is 0 Å². The molecule has 0 aliphatic heterocycles. The molecule has 0 heterocycles. The summed E-state index contributed by atoms with van der Waals surface area (Å²) in [6.07, 6.45) is 3.77. The van der Waals surface area contributed by atoms with Gasteiger partial charge in [-0.15, -0.1) is 0 Å². The van der Waals surface area contributed by atoms with E-state index in [4.69, 9.17) is 18.0 Å². The molecule has 1 saturated carbocycles. The van der Waals surface area contributed by atoms with Crippen LogP contribution in [0.1, 0.15) is 26.2 Å². The van der Waals surface area contributed by atoms with Crippen molar-refractivity contribution in [1.82, 2.24) is 5.32 Å². The van der Waals surface area contributed by atoms with Crippen molar-refractivity contribution in [2.75, 3.05) is 6.54 Å². The molecule has 0 bridgehead atoms. The maximum Gasteiger partial charge on any atom is 0.229 e. The number of carbonyl (C=O) groups excluding carboxylic acids is 1. The van der Waals surface area contributed by atoms with Gasteiger partial charge in [-0.05, 0) is 25.7 Å². The van der Waals surface area contributed by atoms with Gasteiger partial charge in [0.2, 0.25) is 5.91 Å². The summed E-state index contributed by atoms with van der Waals surface area (Å²) in [7, 11) is 0. The quantitative estimate of drug-likeness (QED) is 0.661. The van der Waals surface area contributed by atoms with Crippen LogP contribution in [0.3, 0.4) is 0 Å². The summed E-state index contributed by atoms with van der Waals surface area (Å²) in [6, 6.07) is 0. The molecule has 1 aliphatic rings. The van der Waals surface area contributed by atoms with E-state index in [1.54, 1.807) is 6.92 Å². The van der Waals surface area contributed by atoms with Crippen molar-refractivity contribution in [3.8, 4) is 0 Å². The van der Waals surface area contributed by atoms with Gasteiger partial charge in [0.25, 0.3) is 0 Å². The highest BCUT2D eigenvalue weighted by Crippen LogP contribution is 2.25. The number of hydrogen-bond donors (Lipinski definition) is 2. The maximum atomic E-state index is 11.4. The second kappa shape index (κ2) is 4.56. The number of amides is 1. The molecule has 1 rings (SSSR count). The third-order valence-corrected chi connectivity index (χ3v) is 2.96. The second-order valence-electron chi connectivity index (χ2n) is 3.67. The SMILES string of the molecule is CC(C(=O)NCC1CCC1)C(N)=S. The predicted octanol–water partition coefficient (Wildman–Crippen LogP) is 0.825. The molecule has 3 N–H and O–H groups in total. The highest BCUT2D eigenvalue weighted by molar-refractivity contribution is 7.80. The van der Waals surface area contributed by atoms with Crippen LogP contribution in [0, 0.1) is 11.8 Å². The minimum absolute atomic E-state index is 0.0422. The smallest absolute Gasteiger partial charge is 0.229 e. The molecule has 13 heavy (non-hydrogen) atoms. The van der Waals surface area contributed by atoms with E-state index in [9.17, 15) is 4.79 Å². The number of hydrogen-bond acceptors (Lipinski definition) is 2. The highest BCUT2D eigenvalue weighted by Gasteiger charge is 2.20. The largest absolute Gasteiger partial charge is 0.393 e. The zero-order chi connectivity index (χ0) is 9.84. The van der Waals surface area contributed by atoms with Gasteiger partial charge >= 0.3 is 0 Å². The third-order valence-electron chi connectivity index (χ3n) is 2.61. The Bertz CT molecular complexity index is 214. The van der Waals surface area contributed by atoms with Crippen molar-refractivity contribution in [3.63, 3.8) is 0 Å². The highest BCUT2D eigenvalue weighted by atomic mass is 32.1. The molecule has 0 saturated heterocycles. The van der Waals surface area contributed by atoms with Crippen LogP contribution in [0.4, 0.5) is 0 Å². The fourth-order valence-electron chi connectivity index (χ4n) is 1.22. The Morgan fingerprint density at radius 1 is 1.69 bits per heavy atom. The summed E-state index contributed by atoms with van der Waals surface area (Å²) >= 11 is 4.73. The number of rotatable bonds is 4. The summed E-state index contributed by atoms with van der Waals surface area (Å²) in [5.74, 6) is 0.303. The Balaban J connectivity index is 2.19. The molecule has 0 spiro atoms. The van der Waals surface area contributed by atoms with E-state index in [0.29, 0.717) is 5.92 Å². The molecule has 0 aromatic carbocycles. The lowest BCUT2D eigenvalue weighted by atomic mass is 9.85. The van der Waals surface area contributed by atoms with E-state index in [1.807, 2.05) is 0 Å². The number of carbonyl (C=O) groups is 1. The first kappa shape index (κ1) is 10.4. The Morgan fingerprint density at radius 2 is 2.31 bits per heavy atom. The molecule has 1 fully saturated rings. The summed E-state index contributed by atoms with van der Waals surface area (Å²) in [5, 5.41) is 2.86. The van der Waals surface area contributed by atoms with E-state index in [2.05, 4.69) is 5.32 Å². The van der Waals surface area contributed by atoms with E-state index in [-0.39, 0.29) is 16.8 Å². The Morgan fingerprint density at radius 3 is 2.69 bits per heavy atom. The van der Waals surface area contributed by atoms with E-state index in [1.165, 1.54) is 19.3 Å². The van der Waals surface area contributed by atoms with Crippen molar-refractivity contribution >= 4 is 23.1 Å². The Hall–Kier alpha value is -0.640. The molecule has 1 aliphatic carbocycles. The third kappa shape index (κ3) is 2.95. The lowest BCUT2D eigenvalue weighted by molar-refractivity contribution is -0.122. The van der Waals surface area contributed by atoms with Gasteiger partial charge in [0.05, 0.1) is 10.9 Å². The molecular formula is C9H16N2OS. The first-order valence-corrected chi connectivity index (χ1v) is 5.09. The second-order valence-corrected chi connectivity index (χ2v) is 4.14. The average Bonchev–Trinajstić information content (AvgIpc) is 1.99. The number of thiocarbonyl (C=S) groups is 1. The van der Waals surface area contributed by atoms with Crippen LogP contribution >= 0.6 is 12.2 Å².